The van der Waals surface area contributed by atoms with E-state index < -0.39 is 0 Å². The number of methoxy groups -OCH3 is 1. The molecule has 0 saturated heterocycles. The maximum atomic E-state index is 5.93. The van der Waals surface area contributed by atoms with Crippen LogP contribution in [-0.4, -0.2) is 33.5 Å². The predicted molar refractivity (Wildman–Crippen MR) is 79.8 cm³/mol. The first-order chi connectivity index (χ1) is 9.24. The Balaban J connectivity index is 2.01. The molecule has 0 radical (unpaired) electrons. The van der Waals surface area contributed by atoms with Crippen LogP contribution in [0.4, 0.5) is 0 Å². The summed E-state index contributed by atoms with van der Waals surface area (Å²) in [6, 6.07) is 6.02. The third-order valence-electron chi connectivity index (χ3n) is 2.94. The molecule has 0 aliphatic carbocycles. The van der Waals surface area contributed by atoms with Crippen LogP contribution in [0.1, 0.15) is 24.0 Å². The first-order valence-corrected chi connectivity index (χ1v) is 7.14. The Morgan fingerprint density at radius 2 is 2.00 bits per heavy atom. The molecular formula is C15H24ClNO2. The van der Waals surface area contributed by atoms with Gasteiger partial charge in [-0.3, -0.25) is 0 Å². The van der Waals surface area contributed by atoms with E-state index in [4.69, 9.17) is 21.1 Å². The van der Waals surface area contributed by atoms with E-state index in [1.807, 2.05) is 12.1 Å². The van der Waals surface area contributed by atoms with Gasteiger partial charge < -0.3 is 14.8 Å². The molecule has 1 N–H and O–H groups in total. The summed E-state index contributed by atoms with van der Waals surface area (Å²) in [6.07, 6.45) is 2.20. The van der Waals surface area contributed by atoms with Crippen LogP contribution in [0.25, 0.3) is 0 Å². The highest BCUT2D eigenvalue weighted by molar-refractivity contribution is 6.30. The molecule has 1 aromatic rings. The molecule has 0 spiro atoms. The van der Waals surface area contributed by atoms with Crippen molar-refractivity contribution in [2.45, 2.75) is 26.3 Å². The number of rotatable bonds is 10. The zero-order valence-electron chi connectivity index (χ0n) is 11.9. The normalized spacial score (nSPS) is 10.9. The fourth-order valence-electron chi connectivity index (χ4n) is 1.78. The second kappa shape index (κ2) is 10.2. The van der Waals surface area contributed by atoms with Crippen molar-refractivity contribution in [3.05, 3.63) is 34.3 Å². The van der Waals surface area contributed by atoms with Crippen molar-refractivity contribution in [1.29, 1.82) is 0 Å². The second-order valence-electron chi connectivity index (χ2n) is 4.56. The van der Waals surface area contributed by atoms with Gasteiger partial charge in [0.25, 0.3) is 0 Å². The molecule has 0 aliphatic heterocycles. The molecule has 0 fully saturated rings. The van der Waals surface area contributed by atoms with Crippen LogP contribution in [0.2, 0.25) is 5.02 Å². The Morgan fingerprint density at radius 1 is 1.16 bits per heavy atom. The van der Waals surface area contributed by atoms with Crippen molar-refractivity contribution in [2.75, 3.05) is 33.5 Å². The van der Waals surface area contributed by atoms with Gasteiger partial charge in [0.15, 0.2) is 0 Å². The summed E-state index contributed by atoms with van der Waals surface area (Å²) in [5.41, 5.74) is 2.55. The average molecular weight is 286 g/mol. The molecular weight excluding hydrogens is 262 g/mol. The van der Waals surface area contributed by atoms with Gasteiger partial charge in [-0.25, -0.2) is 0 Å². The summed E-state index contributed by atoms with van der Waals surface area (Å²) in [5.74, 6) is 0. The van der Waals surface area contributed by atoms with Crippen molar-refractivity contribution in [2.24, 2.45) is 0 Å². The van der Waals surface area contributed by atoms with Crippen molar-refractivity contribution in [1.82, 2.24) is 5.32 Å². The number of hydrogen-bond donors (Lipinski definition) is 1. The molecule has 0 saturated carbocycles. The Labute approximate surface area is 121 Å². The van der Waals surface area contributed by atoms with Crippen LogP contribution in [0, 0.1) is 6.92 Å². The summed E-state index contributed by atoms with van der Waals surface area (Å²) in [4.78, 5) is 0. The van der Waals surface area contributed by atoms with E-state index in [0.29, 0.717) is 13.2 Å². The topological polar surface area (TPSA) is 30.5 Å². The highest BCUT2D eigenvalue weighted by Crippen LogP contribution is 2.14. The third kappa shape index (κ3) is 7.53. The summed E-state index contributed by atoms with van der Waals surface area (Å²) in [6.45, 7) is 6.17. The van der Waals surface area contributed by atoms with Crippen molar-refractivity contribution in [3.63, 3.8) is 0 Å². The van der Waals surface area contributed by atoms with Crippen molar-refractivity contribution >= 4 is 11.6 Å². The minimum absolute atomic E-state index is 0.675. The van der Waals surface area contributed by atoms with Gasteiger partial charge in [-0.2, -0.15) is 0 Å². The van der Waals surface area contributed by atoms with E-state index in [9.17, 15) is 0 Å². The number of unbranched alkanes of at least 4 members (excludes halogenated alkanes) is 1. The van der Waals surface area contributed by atoms with E-state index in [1.165, 1.54) is 11.1 Å². The summed E-state index contributed by atoms with van der Waals surface area (Å²) < 4.78 is 10.3. The van der Waals surface area contributed by atoms with Crippen LogP contribution < -0.4 is 5.32 Å². The lowest BCUT2D eigenvalue weighted by Gasteiger charge is -2.08. The van der Waals surface area contributed by atoms with Gasteiger partial charge in [-0.05, 0) is 49.6 Å². The van der Waals surface area contributed by atoms with Gasteiger partial charge in [0.2, 0.25) is 0 Å². The quantitative estimate of drug-likeness (QED) is 0.670. The molecule has 0 aromatic heterocycles. The molecule has 1 aromatic carbocycles. The Morgan fingerprint density at radius 3 is 2.74 bits per heavy atom. The number of nitrogens with one attached hydrogen (secondary N) is 1. The lowest BCUT2D eigenvalue weighted by Crippen LogP contribution is -2.16. The molecule has 1 rings (SSSR count). The average Bonchev–Trinajstić information content (AvgIpc) is 2.39. The molecule has 4 heteroatoms. The first kappa shape index (κ1) is 16.4. The summed E-state index contributed by atoms with van der Waals surface area (Å²) >= 11 is 5.93. The van der Waals surface area contributed by atoms with Crippen LogP contribution in [-0.2, 0) is 16.0 Å². The largest absolute Gasteiger partial charge is 0.382 e. The number of halogens is 1. The van der Waals surface area contributed by atoms with Gasteiger partial charge in [-0.15, -0.1) is 0 Å². The molecule has 3 nitrogen and oxygen atoms in total. The standard InChI is InChI=1S/C15H24ClNO2/c1-13-11-15(16)6-5-14(13)12-17-7-3-4-8-19-10-9-18-2/h5-6,11,17H,3-4,7-10,12H2,1-2H3. The van der Waals surface area contributed by atoms with Crippen LogP contribution in [0.3, 0.4) is 0 Å². The molecule has 0 aliphatic rings. The smallest absolute Gasteiger partial charge is 0.0700 e. The van der Waals surface area contributed by atoms with Crippen LogP contribution >= 0.6 is 11.6 Å². The highest BCUT2D eigenvalue weighted by Gasteiger charge is 1.98. The number of hydrogen-bond acceptors (Lipinski definition) is 3. The van der Waals surface area contributed by atoms with Gasteiger partial charge in [0.1, 0.15) is 0 Å². The predicted octanol–water partition coefficient (Wildman–Crippen LogP) is 3.18. The number of ether oxygens (including phenoxy) is 2. The maximum Gasteiger partial charge on any atom is 0.0700 e. The van der Waals surface area contributed by atoms with E-state index in [2.05, 4.69) is 18.3 Å². The highest BCUT2D eigenvalue weighted by atomic mass is 35.5. The molecule has 0 amide bonds. The van der Waals surface area contributed by atoms with E-state index in [0.717, 1.165) is 37.6 Å². The van der Waals surface area contributed by atoms with E-state index in [1.54, 1.807) is 7.11 Å². The molecule has 0 bridgehead atoms. The van der Waals surface area contributed by atoms with Gasteiger partial charge in [-0.1, -0.05) is 17.7 Å². The van der Waals surface area contributed by atoms with Crippen LogP contribution in [0.15, 0.2) is 18.2 Å². The van der Waals surface area contributed by atoms with Gasteiger partial charge in [0.05, 0.1) is 13.2 Å². The van der Waals surface area contributed by atoms with Crippen LogP contribution in [0.5, 0.6) is 0 Å². The fourth-order valence-corrected chi connectivity index (χ4v) is 2.01. The first-order valence-electron chi connectivity index (χ1n) is 6.76. The zero-order chi connectivity index (χ0) is 13.9. The van der Waals surface area contributed by atoms with Gasteiger partial charge >= 0.3 is 0 Å². The lowest BCUT2D eigenvalue weighted by atomic mass is 10.1. The monoisotopic (exact) mass is 285 g/mol. The molecule has 0 heterocycles. The summed E-state index contributed by atoms with van der Waals surface area (Å²) in [5, 5.41) is 4.24. The Hall–Kier alpha value is -0.610. The third-order valence-corrected chi connectivity index (χ3v) is 3.18. The van der Waals surface area contributed by atoms with E-state index in [-0.39, 0.29) is 0 Å². The maximum absolute atomic E-state index is 5.93. The zero-order valence-corrected chi connectivity index (χ0v) is 12.6. The van der Waals surface area contributed by atoms with Crippen molar-refractivity contribution in [3.8, 4) is 0 Å². The van der Waals surface area contributed by atoms with E-state index >= 15 is 0 Å². The SMILES string of the molecule is COCCOCCCCNCc1ccc(Cl)cc1C. The molecule has 19 heavy (non-hydrogen) atoms. The number of aryl methyl sites for hydroxylation is 1. The Kier molecular flexibility index (Phi) is 8.84. The van der Waals surface area contributed by atoms with Crippen molar-refractivity contribution < 1.29 is 9.47 Å². The molecule has 108 valence electrons. The summed E-state index contributed by atoms with van der Waals surface area (Å²) in [7, 11) is 1.69. The van der Waals surface area contributed by atoms with Gasteiger partial charge in [0, 0.05) is 25.3 Å². The minimum atomic E-state index is 0.675. The lowest BCUT2D eigenvalue weighted by molar-refractivity contribution is 0.0688. The Bertz CT molecular complexity index is 358. The molecule has 0 atom stereocenters. The second-order valence-corrected chi connectivity index (χ2v) is 5.00. The minimum Gasteiger partial charge on any atom is -0.382 e. The molecule has 0 unspecified atom stereocenters. The fraction of sp³-hybridized carbons (Fsp3) is 0.600. The number of benzene rings is 1.